The third-order valence-corrected chi connectivity index (χ3v) is 2.31. The van der Waals surface area contributed by atoms with Gasteiger partial charge in [-0.3, -0.25) is 4.79 Å². The van der Waals surface area contributed by atoms with E-state index >= 15 is 0 Å². The van der Waals surface area contributed by atoms with Crippen LogP contribution in [0.15, 0.2) is 0 Å². The molecule has 13 heavy (non-hydrogen) atoms. The molecule has 0 saturated carbocycles. The molecule has 0 radical (unpaired) electrons. The molecule has 5 nitrogen and oxygen atoms in total. The quantitative estimate of drug-likeness (QED) is 0.548. The number of nitrogens with two attached hydrogens (primary N) is 1. The zero-order valence-electron chi connectivity index (χ0n) is 7.66. The summed E-state index contributed by atoms with van der Waals surface area (Å²) in [5.74, 6) is -0.445. The smallest absolute Gasteiger partial charge is 0.322 e. The summed E-state index contributed by atoms with van der Waals surface area (Å²) in [5.41, 5.74) is 5.23. The molecule has 1 atom stereocenters. The number of ether oxygens (including phenoxy) is 2. The van der Waals surface area contributed by atoms with E-state index in [1.165, 1.54) is 7.11 Å². The number of carbonyl (C=O) groups is 1. The summed E-state index contributed by atoms with van der Waals surface area (Å²) in [6.45, 7) is 0.931. The molecule has 76 valence electrons. The first-order valence-electron chi connectivity index (χ1n) is 4.15. The molecule has 1 aliphatic rings. The molecular formula is C8H15NO4. The van der Waals surface area contributed by atoms with Gasteiger partial charge < -0.3 is 20.3 Å². The van der Waals surface area contributed by atoms with Crippen LogP contribution in [0.25, 0.3) is 0 Å². The van der Waals surface area contributed by atoms with Crippen LogP contribution in [-0.2, 0) is 14.3 Å². The van der Waals surface area contributed by atoms with Crippen LogP contribution in [0, 0.1) is 5.41 Å². The maximum atomic E-state index is 11.0. The maximum absolute atomic E-state index is 11.0. The largest absolute Gasteiger partial charge is 0.468 e. The van der Waals surface area contributed by atoms with Crippen LogP contribution < -0.4 is 5.73 Å². The molecule has 0 amide bonds. The van der Waals surface area contributed by atoms with Crippen LogP contribution in [0.3, 0.4) is 0 Å². The average molecular weight is 189 g/mol. The lowest BCUT2D eigenvalue weighted by Gasteiger charge is -2.40. The van der Waals surface area contributed by atoms with Crippen molar-refractivity contribution < 1.29 is 19.4 Å². The van der Waals surface area contributed by atoms with E-state index in [0.29, 0.717) is 19.6 Å². The van der Waals surface area contributed by atoms with Crippen LogP contribution in [0.5, 0.6) is 0 Å². The number of hydrogen-bond donors (Lipinski definition) is 2. The normalized spacial score (nSPS) is 21.8. The van der Waals surface area contributed by atoms with Crippen molar-refractivity contribution in [1.82, 2.24) is 0 Å². The first-order valence-corrected chi connectivity index (χ1v) is 4.15. The molecule has 0 aromatic rings. The highest BCUT2D eigenvalue weighted by atomic mass is 16.5. The fraction of sp³-hybridized carbons (Fsp3) is 0.875. The number of aliphatic hydroxyl groups excluding tert-OH is 1. The minimum atomic E-state index is -0.666. The van der Waals surface area contributed by atoms with Crippen LogP contribution in [-0.4, -0.2) is 44.0 Å². The second kappa shape index (κ2) is 4.04. The van der Waals surface area contributed by atoms with E-state index in [9.17, 15) is 4.79 Å². The molecule has 0 aliphatic carbocycles. The van der Waals surface area contributed by atoms with E-state index in [1.54, 1.807) is 0 Å². The Bertz CT molecular complexity index is 185. The number of aliphatic hydroxyl groups is 1. The van der Waals surface area contributed by atoms with Gasteiger partial charge in [-0.05, 0) is 6.42 Å². The number of hydrogen-bond acceptors (Lipinski definition) is 5. The minimum absolute atomic E-state index is 0.00229. The zero-order chi connectivity index (χ0) is 9.90. The first kappa shape index (κ1) is 10.4. The number of carbonyl (C=O) groups excluding carboxylic acids is 1. The van der Waals surface area contributed by atoms with Crippen molar-refractivity contribution in [1.29, 1.82) is 0 Å². The second-order valence-electron chi connectivity index (χ2n) is 3.48. The highest BCUT2D eigenvalue weighted by Crippen LogP contribution is 2.31. The molecule has 1 heterocycles. The van der Waals surface area contributed by atoms with Gasteiger partial charge in [-0.2, -0.15) is 0 Å². The zero-order valence-corrected chi connectivity index (χ0v) is 7.66. The van der Waals surface area contributed by atoms with E-state index in [1.807, 2.05) is 0 Å². The Balaban J connectivity index is 2.42. The van der Waals surface area contributed by atoms with Crippen molar-refractivity contribution in [3.63, 3.8) is 0 Å². The second-order valence-corrected chi connectivity index (χ2v) is 3.48. The van der Waals surface area contributed by atoms with Crippen molar-refractivity contribution in [2.75, 3.05) is 26.9 Å². The fourth-order valence-electron chi connectivity index (χ4n) is 1.37. The van der Waals surface area contributed by atoms with Gasteiger partial charge in [0.2, 0.25) is 0 Å². The van der Waals surface area contributed by atoms with Gasteiger partial charge in [-0.15, -0.1) is 0 Å². The average Bonchev–Trinajstić information content (AvgIpc) is 2.09. The topological polar surface area (TPSA) is 81.8 Å². The molecule has 0 aromatic heterocycles. The Morgan fingerprint density at radius 1 is 1.77 bits per heavy atom. The summed E-state index contributed by atoms with van der Waals surface area (Å²) in [7, 11) is 1.30. The molecule has 1 fully saturated rings. The lowest BCUT2D eigenvalue weighted by atomic mass is 9.81. The Labute approximate surface area is 76.8 Å². The van der Waals surface area contributed by atoms with Gasteiger partial charge in [-0.1, -0.05) is 0 Å². The maximum Gasteiger partial charge on any atom is 0.322 e. The van der Waals surface area contributed by atoms with Crippen LogP contribution in [0.4, 0.5) is 0 Å². The number of esters is 1. The van der Waals surface area contributed by atoms with Gasteiger partial charge in [0.1, 0.15) is 6.04 Å². The molecule has 1 saturated heterocycles. The Morgan fingerprint density at radius 2 is 2.38 bits per heavy atom. The Hall–Kier alpha value is -0.650. The van der Waals surface area contributed by atoms with Gasteiger partial charge >= 0.3 is 5.97 Å². The van der Waals surface area contributed by atoms with Crippen LogP contribution in [0.2, 0.25) is 0 Å². The minimum Gasteiger partial charge on any atom is -0.468 e. The third-order valence-electron chi connectivity index (χ3n) is 2.31. The Morgan fingerprint density at radius 3 is 2.69 bits per heavy atom. The molecule has 1 aliphatic heterocycles. The monoisotopic (exact) mass is 189 g/mol. The van der Waals surface area contributed by atoms with Crippen molar-refractivity contribution in [2.24, 2.45) is 11.1 Å². The number of methoxy groups -OCH3 is 1. The summed E-state index contributed by atoms with van der Waals surface area (Å²) in [6, 6.07) is -0.666. The third kappa shape index (κ3) is 2.18. The summed E-state index contributed by atoms with van der Waals surface area (Å²) in [5, 5.41) is 9.05. The predicted octanol–water partition coefficient (Wildman–Crippen LogP) is -1.11. The first-order chi connectivity index (χ1) is 6.13. The van der Waals surface area contributed by atoms with Gasteiger partial charge in [0.05, 0.1) is 26.9 Å². The van der Waals surface area contributed by atoms with E-state index in [2.05, 4.69) is 4.74 Å². The predicted molar refractivity (Wildman–Crippen MR) is 44.9 cm³/mol. The van der Waals surface area contributed by atoms with E-state index < -0.39 is 12.0 Å². The van der Waals surface area contributed by atoms with Gasteiger partial charge in [0.15, 0.2) is 0 Å². The fourth-order valence-corrected chi connectivity index (χ4v) is 1.37. The van der Waals surface area contributed by atoms with E-state index in [4.69, 9.17) is 15.6 Å². The molecule has 1 unspecified atom stereocenters. The highest BCUT2D eigenvalue weighted by molar-refractivity contribution is 5.75. The molecule has 3 N–H and O–H groups in total. The van der Waals surface area contributed by atoms with Crippen molar-refractivity contribution in [2.45, 2.75) is 12.5 Å². The number of rotatable bonds is 4. The van der Waals surface area contributed by atoms with Crippen LogP contribution >= 0.6 is 0 Å². The summed E-state index contributed by atoms with van der Waals surface area (Å²) >= 11 is 0. The SMILES string of the molecule is COC(=O)C(N)CC1(CO)COC1. The standard InChI is InChI=1S/C8H15NO4/c1-12-7(11)6(9)2-8(3-10)4-13-5-8/h6,10H,2-5,9H2,1H3. The van der Waals surface area contributed by atoms with Crippen LogP contribution in [0.1, 0.15) is 6.42 Å². The molecule has 5 heteroatoms. The van der Waals surface area contributed by atoms with Crippen molar-refractivity contribution >= 4 is 5.97 Å². The van der Waals surface area contributed by atoms with Crippen molar-refractivity contribution in [3.8, 4) is 0 Å². The molecule has 1 rings (SSSR count). The van der Waals surface area contributed by atoms with E-state index in [-0.39, 0.29) is 12.0 Å². The molecule has 0 bridgehead atoms. The summed E-state index contributed by atoms with van der Waals surface area (Å²) in [4.78, 5) is 11.0. The summed E-state index contributed by atoms with van der Waals surface area (Å²) in [6.07, 6.45) is 0.413. The summed E-state index contributed by atoms with van der Waals surface area (Å²) < 4.78 is 9.46. The molecular weight excluding hydrogens is 174 g/mol. The van der Waals surface area contributed by atoms with Gasteiger partial charge in [0.25, 0.3) is 0 Å². The molecule has 0 aromatic carbocycles. The lowest BCUT2D eigenvalue weighted by molar-refractivity contribution is -0.156. The van der Waals surface area contributed by atoms with Gasteiger partial charge in [0, 0.05) is 5.41 Å². The highest BCUT2D eigenvalue weighted by Gasteiger charge is 2.40. The lowest BCUT2D eigenvalue weighted by Crippen LogP contribution is -2.50. The van der Waals surface area contributed by atoms with Crippen molar-refractivity contribution in [3.05, 3.63) is 0 Å². The molecule has 0 spiro atoms. The van der Waals surface area contributed by atoms with E-state index in [0.717, 1.165) is 0 Å². The van der Waals surface area contributed by atoms with Gasteiger partial charge in [-0.25, -0.2) is 0 Å². The Kier molecular flexibility index (Phi) is 3.24.